The number of hydrogen-bond acceptors (Lipinski definition) is 8. The lowest BCUT2D eigenvalue weighted by Gasteiger charge is -2.40. The van der Waals surface area contributed by atoms with E-state index >= 15 is 0 Å². The number of rotatable bonds is 2. The zero-order chi connectivity index (χ0) is 15.4. The van der Waals surface area contributed by atoms with E-state index < -0.39 is 0 Å². The summed E-state index contributed by atoms with van der Waals surface area (Å²) in [6.45, 7) is 8.58. The van der Waals surface area contributed by atoms with Crippen LogP contribution in [0.2, 0.25) is 0 Å². The highest BCUT2D eigenvalue weighted by atomic mass is 16.5. The fraction of sp³-hybridized carbons (Fsp3) is 0.857. The number of amidine groups is 1. The fourth-order valence-electron chi connectivity index (χ4n) is 3.21. The molecule has 3 rings (SSSR count). The molecule has 0 amide bonds. The van der Waals surface area contributed by atoms with Crippen molar-refractivity contribution in [3.8, 4) is 0 Å². The molecule has 0 aromatic rings. The average Bonchev–Trinajstić information content (AvgIpc) is 2.62. The van der Waals surface area contributed by atoms with Gasteiger partial charge in [-0.1, -0.05) is 6.92 Å². The molecule has 0 aliphatic carbocycles. The van der Waals surface area contributed by atoms with Gasteiger partial charge in [0.25, 0.3) is 0 Å². The number of guanidine groups is 1. The molecule has 2 saturated heterocycles. The molecule has 8 heteroatoms. The summed E-state index contributed by atoms with van der Waals surface area (Å²) >= 11 is 0. The second-order valence-corrected chi connectivity index (χ2v) is 5.75. The molecule has 2 atom stereocenters. The van der Waals surface area contributed by atoms with Crippen LogP contribution in [0.1, 0.15) is 13.3 Å². The zero-order valence-electron chi connectivity index (χ0n) is 13.2. The van der Waals surface area contributed by atoms with Crippen LogP contribution in [0.25, 0.3) is 0 Å². The van der Waals surface area contributed by atoms with Crippen molar-refractivity contribution < 1.29 is 9.47 Å². The van der Waals surface area contributed by atoms with Crippen LogP contribution in [0.3, 0.4) is 0 Å². The lowest BCUT2D eigenvalue weighted by Crippen LogP contribution is -2.55. The number of hydrazine groups is 1. The molecule has 0 aromatic heterocycles. The first-order valence-corrected chi connectivity index (χ1v) is 8.11. The largest absolute Gasteiger partial charge is 0.379 e. The van der Waals surface area contributed by atoms with Gasteiger partial charge < -0.3 is 19.8 Å². The van der Waals surface area contributed by atoms with E-state index in [1.807, 2.05) is 0 Å². The maximum atomic E-state index is 5.73. The summed E-state index contributed by atoms with van der Waals surface area (Å²) in [6, 6.07) is 0. The summed E-state index contributed by atoms with van der Waals surface area (Å²) in [4.78, 5) is 14.2. The van der Waals surface area contributed by atoms with Crippen LogP contribution in [0.15, 0.2) is 9.98 Å². The Hall–Kier alpha value is -1.22. The van der Waals surface area contributed by atoms with Crippen molar-refractivity contribution in [3.05, 3.63) is 0 Å². The number of aliphatic imine (C=N–C) groups is 2. The molecular weight excluding hydrogens is 284 g/mol. The quantitative estimate of drug-likeness (QED) is 0.515. The molecule has 22 heavy (non-hydrogen) atoms. The van der Waals surface area contributed by atoms with Gasteiger partial charge in [0.1, 0.15) is 12.0 Å². The average molecular weight is 310 g/mol. The topological polar surface area (TPSA) is 87.7 Å². The van der Waals surface area contributed by atoms with Crippen LogP contribution < -0.4 is 11.3 Å². The Labute approximate surface area is 131 Å². The third kappa shape index (κ3) is 3.24. The second kappa shape index (κ2) is 7.36. The molecule has 3 N–H and O–H groups in total. The van der Waals surface area contributed by atoms with Crippen LogP contribution >= 0.6 is 0 Å². The molecule has 2 fully saturated rings. The SMILES string of the molecule is CCC1C(NN)=NC(N2CCOCC2)=N[C@@H]1N1CCOCC1. The molecule has 0 aromatic carbocycles. The highest BCUT2D eigenvalue weighted by Gasteiger charge is 2.35. The van der Waals surface area contributed by atoms with Crippen LogP contribution in [0.5, 0.6) is 0 Å². The summed E-state index contributed by atoms with van der Waals surface area (Å²) in [5, 5.41) is 0. The van der Waals surface area contributed by atoms with E-state index in [1.54, 1.807) is 0 Å². The molecule has 0 saturated carbocycles. The number of nitrogens with zero attached hydrogens (tertiary/aromatic N) is 4. The van der Waals surface area contributed by atoms with E-state index in [-0.39, 0.29) is 12.1 Å². The van der Waals surface area contributed by atoms with Crippen molar-refractivity contribution in [1.82, 2.24) is 15.2 Å². The van der Waals surface area contributed by atoms with Gasteiger partial charge in [-0.2, -0.15) is 4.99 Å². The van der Waals surface area contributed by atoms with E-state index in [2.05, 4.69) is 27.1 Å². The van der Waals surface area contributed by atoms with Crippen molar-refractivity contribution in [2.45, 2.75) is 19.5 Å². The standard InChI is InChI=1S/C14H26N6O2/c1-2-11-12(18-15)16-14(20-5-9-22-10-6-20)17-13(11)19-3-7-21-8-4-19/h11,13H,2-10,15H2,1H3,(H,16,17,18)/t11?,13-/m1/s1. The zero-order valence-corrected chi connectivity index (χ0v) is 13.2. The third-order valence-electron chi connectivity index (χ3n) is 4.48. The van der Waals surface area contributed by atoms with Crippen LogP contribution in [-0.2, 0) is 9.47 Å². The van der Waals surface area contributed by atoms with Crippen molar-refractivity contribution >= 4 is 11.8 Å². The number of morpholine rings is 2. The van der Waals surface area contributed by atoms with Crippen LogP contribution in [-0.4, -0.2) is 80.4 Å². The Morgan fingerprint density at radius 3 is 2.36 bits per heavy atom. The first kappa shape index (κ1) is 15.7. The monoisotopic (exact) mass is 310 g/mol. The van der Waals surface area contributed by atoms with Gasteiger partial charge in [0.05, 0.1) is 32.3 Å². The van der Waals surface area contributed by atoms with Gasteiger partial charge in [0, 0.05) is 26.2 Å². The van der Waals surface area contributed by atoms with E-state index in [9.17, 15) is 0 Å². The van der Waals surface area contributed by atoms with Gasteiger partial charge in [-0.3, -0.25) is 4.90 Å². The molecule has 8 nitrogen and oxygen atoms in total. The number of nitrogens with two attached hydrogens (primary N) is 1. The molecular formula is C14H26N6O2. The lowest BCUT2D eigenvalue weighted by molar-refractivity contribution is 0.00933. The Kier molecular flexibility index (Phi) is 5.24. The van der Waals surface area contributed by atoms with Gasteiger partial charge in [-0.05, 0) is 6.42 Å². The molecule has 124 valence electrons. The van der Waals surface area contributed by atoms with Crippen molar-refractivity contribution in [1.29, 1.82) is 0 Å². The second-order valence-electron chi connectivity index (χ2n) is 5.75. The molecule has 0 spiro atoms. The van der Waals surface area contributed by atoms with Gasteiger partial charge in [-0.15, -0.1) is 0 Å². The normalized spacial score (nSPS) is 30.7. The summed E-state index contributed by atoms with van der Waals surface area (Å²) in [5.74, 6) is 7.54. The molecule has 3 heterocycles. The summed E-state index contributed by atoms with van der Waals surface area (Å²) < 4.78 is 10.9. The highest BCUT2D eigenvalue weighted by Crippen LogP contribution is 2.23. The fourth-order valence-corrected chi connectivity index (χ4v) is 3.21. The summed E-state index contributed by atoms with van der Waals surface area (Å²) in [7, 11) is 0. The maximum Gasteiger partial charge on any atom is 0.224 e. The molecule has 0 bridgehead atoms. The molecule has 1 unspecified atom stereocenters. The Morgan fingerprint density at radius 2 is 1.77 bits per heavy atom. The van der Waals surface area contributed by atoms with Crippen LogP contribution in [0.4, 0.5) is 0 Å². The predicted molar refractivity (Wildman–Crippen MR) is 84.5 cm³/mol. The third-order valence-corrected chi connectivity index (χ3v) is 4.48. The Balaban J connectivity index is 1.83. The summed E-state index contributed by atoms with van der Waals surface area (Å²) in [5.41, 5.74) is 2.80. The van der Waals surface area contributed by atoms with Gasteiger partial charge in [0.15, 0.2) is 0 Å². The molecule has 3 aliphatic rings. The number of ether oxygens (including phenoxy) is 2. The van der Waals surface area contributed by atoms with E-state index in [1.165, 1.54) is 0 Å². The molecule has 0 radical (unpaired) electrons. The van der Waals surface area contributed by atoms with Crippen molar-refractivity contribution in [2.24, 2.45) is 21.7 Å². The minimum atomic E-state index is 0.0790. The number of hydrogen-bond donors (Lipinski definition) is 2. The van der Waals surface area contributed by atoms with E-state index in [0.717, 1.165) is 70.8 Å². The minimum absolute atomic E-state index is 0.0790. The Bertz CT molecular complexity index is 429. The minimum Gasteiger partial charge on any atom is -0.379 e. The Morgan fingerprint density at radius 1 is 1.14 bits per heavy atom. The van der Waals surface area contributed by atoms with E-state index in [0.29, 0.717) is 0 Å². The predicted octanol–water partition coefficient (Wildman–Crippen LogP) is -0.765. The molecule has 3 aliphatic heterocycles. The smallest absolute Gasteiger partial charge is 0.224 e. The summed E-state index contributed by atoms with van der Waals surface area (Å²) in [6.07, 6.45) is 1.03. The van der Waals surface area contributed by atoms with Crippen LogP contribution in [0, 0.1) is 5.92 Å². The maximum absolute atomic E-state index is 5.73. The van der Waals surface area contributed by atoms with Crippen molar-refractivity contribution in [3.63, 3.8) is 0 Å². The number of nitrogens with one attached hydrogen (secondary N) is 1. The van der Waals surface area contributed by atoms with Gasteiger partial charge in [0.2, 0.25) is 5.96 Å². The first-order chi connectivity index (χ1) is 10.8. The lowest BCUT2D eigenvalue weighted by atomic mass is 9.99. The van der Waals surface area contributed by atoms with Crippen molar-refractivity contribution in [2.75, 3.05) is 52.6 Å². The van der Waals surface area contributed by atoms with E-state index in [4.69, 9.17) is 20.3 Å². The first-order valence-electron chi connectivity index (χ1n) is 8.11. The highest BCUT2D eigenvalue weighted by molar-refractivity contribution is 5.99. The van der Waals surface area contributed by atoms with Gasteiger partial charge in [-0.25, -0.2) is 10.8 Å². The van der Waals surface area contributed by atoms with Gasteiger partial charge >= 0.3 is 0 Å².